The first kappa shape index (κ1) is 19.8. The van der Waals surface area contributed by atoms with Crippen LogP contribution >= 0.6 is 11.3 Å². The van der Waals surface area contributed by atoms with Crippen LogP contribution in [0.25, 0.3) is 0 Å². The van der Waals surface area contributed by atoms with E-state index in [0.29, 0.717) is 23.0 Å². The summed E-state index contributed by atoms with van der Waals surface area (Å²) in [5.74, 6) is -0.609. The number of anilines is 2. The number of hydrogen-bond donors (Lipinski definition) is 1. The zero-order valence-electron chi connectivity index (χ0n) is 16.9. The number of rotatable bonds is 4. The van der Waals surface area contributed by atoms with E-state index in [1.54, 1.807) is 4.90 Å². The molecule has 152 valence electrons. The fourth-order valence-electron chi connectivity index (χ4n) is 4.03. The van der Waals surface area contributed by atoms with Gasteiger partial charge in [0.2, 0.25) is 11.8 Å². The van der Waals surface area contributed by atoms with Gasteiger partial charge < -0.3 is 10.2 Å². The van der Waals surface area contributed by atoms with E-state index in [2.05, 4.69) is 31.1 Å². The maximum absolute atomic E-state index is 12.8. The Balaban J connectivity index is 1.44. The number of ketones is 1. The second-order valence-electron chi connectivity index (χ2n) is 8.65. The van der Waals surface area contributed by atoms with E-state index in [4.69, 9.17) is 0 Å². The predicted octanol–water partition coefficient (Wildman–Crippen LogP) is 3.85. The number of carbonyl (C=O) groups excluding carboxylic acids is 3. The third-order valence-electron chi connectivity index (χ3n) is 5.62. The van der Waals surface area contributed by atoms with Crippen molar-refractivity contribution < 1.29 is 14.4 Å². The van der Waals surface area contributed by atoms with Crippen LogP contribution in [0.4, 0.5) is 10.8 Å². The molecule has 2 aliphatic rings. The van der Waals surface area contributed by atoms with E-state index in [1.165, 1.54) is 16.9 Å². The Hall–Kier alpha value is -2.54. The molecule has 1 aliphatic carbocycles. The number of nitrogens with one attached hydrogen (secondary N) is 1. The van der Waals surface area contributed by atoms with Crippen LogP contribution in [0.2, 0.25) is 0 Å². The molecule has 0 saturated carbocycles. The Morgan fingerprint density at radius 3 is 2.66 bits per heavy atom. The average molecular weight is 412 g/mol. The number of hydrogen-bond acceptors (Lipinski definition) is 5. The number of nitrogens with zero attached hydrogens (tertiary/aromatic N) is 2. The first-order valence-corrected chi connectivity index (χ1v) is 10.8. The number of aromatic nitrogens is 1. The van der Waals surface area contributed by atoms with Crippen molar-refractivity contribution in [3.63, 3.8) is 0 Å². The molecule has 0 spiro atoms. The van der Waals surface area contributed by atoms with E-state index in [9.17, 15) is 14.4 Å². The molecule has 6 nitrogen and oxygen atoms in total. The number of Topliss-reactive ketones (excluding diaryl/α,β-unsaturated/α-hetero) is 1. The molecule has 4 rings (SSSR count). The highest BCUT2D eigenvalue weighted by molar-refractivity contribution is 7.17. The Morgan fingerprint density at radius 2 is 1.97 bits per heavy atom. The molecule has 1 fully saturated rings. The molecule has 1 aliphatic heterocycles. The van der Waals surface area contributed by atoms with Crippen molar-refractivity contribution in [2.24, 2.45) is 11.3 Å². The Morgan fingerprint density at radius 1 is 1.24 bits per heavy atom. The summed E-state index contributed by atoms with van der Waals surface area (Å²) in [6.45, 7) is 6.54. The fraction of sp³-hybridized carbons (Fsp3) is 0.455. The van der Waals surface area contributed by atoms with Gasteiger partial charge in [0.1, 0.15) is 0 Å². The van der Waals surface area contributed by atoms with Gasteiger partial charge in [-0.15, -0.1) is 0 Å². The number of aryl methyl sites for hydroxylation is 1. The van der Waals surface area contributed by atoms with Gasteiger partial charge in [0.05, 0.1) is 16.5 Å². The van der Waals surface area contributed by atoms with Crippen molar-refractivity contribution >= 4 is 39.8 Å². The topological polar surface area (TPSA) is 79.4 Å². The molecular formula is C22H25N3O3S. The van der Waals surface area contributed by atoms with Gasteiger partial charge in [-0.1, -0.05) is 44.2 Å². The van der Waals surface area contributed by atoms with Crippen LogP contribution in [-0.4, -0.2) is 29.1 Å². The van der Waals surface area contributed by atoms with Crippen LogP contribution in [0.1, 0.15) is 54.5 Å². The smallest absolute Gasteiger partial charge is 0.231 e. The second-order valence-corrected chi connectivity index (χ2v) is 9.65. The van der Waals surface area contributed by atoms with Crippen LogP contribution in [0.3, 0.4) is 0 Å². The molecule has 1 atom stereocenters. The summed E-state index contributed by atoms with van der Waals surface area (Å²) in [5, 5.41) is 3.29. The normalized spacial score (nSPS) is 20.7. The van der Waals surface area contributed by atoms with Crippen LogP contribution in [-0.2, 0) is 22.4 Å². The molecule has 0 bridgehead atoms. The molecule has 1 N–H and O–H groups in total. The monoisotopic (exact) mass is 411 g/mol. The fourth-order valence-corrected chi connectivity index (χ4v) is 4.95. The van der Waals surface area contributed by atoms with Gasteiger partial charge in [0.15, 0.2) is 10.9 Å². The molecule has 0 radical (unpaired) electrons. The van der Waals surface area contributed by atoms with Gasteiger partial charge in [0.25, 0.3) is 0 Å². The summed E-state index contributed by atoms with van der Waals surface area (Å²) in [6, 6.07) is 7.88. The maximum Gasteiger partial charge on any atom is 0.231 e. The van der Waals surface area contributed by atoms with Gasteiger partial charge in [-0.3, -0.25) is 14.4 Å². The summed E-state index contributed by atoms with van der Waals surface area (Å²) >= 11 is 1.24. The standard InChI is InChI=1S/C22H25N3O3S/c1-4-13-5-7-15(8-6-13)25-12-14(9-18(25)27)20(28)24-21-23-16-10-22(2,3)11-17(26)19(16)29-21/h5-8,14H,4,9-12H2,1-3H3,(H,23,24,28)/t14-/m1/s1. The quantitative estimate of drug-likeness (QED) is 0.829. The van der Waals surface area contributed by atoms with E-state index >= 15 is 0 Å². The Kier molecular flexibility index (Phi) is 5.02. The van der Waals surface area contributed by atoms with E-state index in [1.807, 2.05) is 24.3 Å². The molecule has 1 aromatic heterocycles. The Labute approximate surface area is 174 Å². The van der Waals surface area contributed by atoms with Crippen molar-refractivity contribution in [3.8, 4) is 0 Å². The van der Waals surface area contributed by atoms with Gasteiger partial charge >= 0.3 is 0 Å². The van der Waals surface area contributed by atoms with Crippen molar-refractivity contribution in [2.75, 3.05) is 16.8 Å². The molecular weight excluding hydrogens is 386 g/mol. The molecule has 2 heterocycles. The lowest BCUT2D eigenvalue weighted by Crippen LogP contribution is -2.28. The highest BCUT2D eigenvalue weighted by Crippen LogP contribution is 2.38. The summed E-state index contributed by atoms with van der Waals surface area (Å²) < 4.78 is 0. The number of thiazole rings is 1. The van der Waals surface area contributed by atoms with Crippen molar-refractivity contribution in [1.82, 2.24) is 4.98 Å². The van der Waals surface area contributed by atoms with E-state index < -0.39 is 5.92 Å². The third-order valence-corrected chi connectivity index (χ3v) is 6.67. The minimum Gasteiger partial charge on any atom is -0.312 e. The highest BCUT2D eigenvalue weighted by Gasteiger charge is 2.37. The van der Waals surface area contributed by atoms with Gasteiger partial charge in [0, 0.05) is 25.1 Å². The number of amides is 2. The van der Waals surface area contributed by atoms with Crippen molar-refractivity contribution in [3.05, 3.63) is 40.4 Å². The van der Waals surface area contributed by atoms with E-state index in [0.717, 1.165) is 24.2 Å². The molecule has 7 heteroatoms. The van der Waals surface area contributed by atoms with Crippen LogP contribution in [0, 0.1) is 11.3 Å². The van der Waals surface area contributed by atoms with Gasteiger partial charge in [-0.25, -0.2) is 4.98 Å². The highest BCUT2D eigenvalue weighted by atomic mass is 32.1. The minimum absolute atomic E-state index is 0.0511. The Bertz CT molecular complexity index is 978. The molecule has 0 unspecified atom stereocenters. The second kappa shape index (κ2) is 7.37. The molecule has 1 saturated heterocycles. The van der Waals surface area contributed by atoms with Crippen molar-refractivity contribution in [2.45, 2.75) is 46.5 Å². The maximum atomic E-state index is 12.8. The third kappa shape index (κ3) is 3.96. The number of fused-ring (bicyclic) bond motifs is 1. The summed E-state index contributed by atoms with van der Waals surface area (Å²) in [6.07, 6.45) is 2.34. The lowest BCUT2D eigenvalue weighted by molar-refractivity contribution is -0.122. The van der Waals surface area contributed by atoms with Gasteiger partial charge in [-0.2, -0.15) is 0 Å². The lowest BCUT2D eigenvalue weighted by Gasteiger charge is -2.26. The zero-order valence-corrected chi connectivity index (χ0v) is 17.8. The van der Waals surface area contributed by atoms with Crippen LogP contribution < -0.4 is 10.2 Å². The largest absolute Gasteiger partial charge is 0.312 e. The minimum atomic E-state index is -0.429. The summed E-state index contributed by atoms with van der Waals surface area (Å²) in [4.78, 5) is 44.4. The lowest BCUT2D eigenvalue weighted by atomic mass is 9.78. The summed E-state index contributed by atoms with van der Waals surface area (Å²) in [7, 11) is 0. The average Bonchev–Trinajstić information content (AvgIpc) is 3.24. The van der Waals surface area contributed by atoms with E-state index in [-0.39, 0.29) is 29.4 Å². The first-order chi connectivity index (χ1) is 13.8. The first-order valence-electron chi connectivity index (χ1n) is 9.99. The molecule has 2 amide bonds. The molecule has 2 aromatic rings. The predicted molar refractivity (Wildman–Crippen MR) is 113 cm³/mol. The number of benzene rings is 1. The number of carbonyl (C=O) groups is 3. The van der Waals surface area contributed by atoms with Crippen molar-refractivity contribution in [1.29, 1.82) is 0 Å². The molecule has 29 heavy (non-hydrogen) atoms. The van der Waals surface area contributed by atoms with Crippen LogP contribution in [0.5, 0.6) is 0 Å². The van der Waals surface area contributed by atoms with Gasteiger partial charge in [-0.05, 0) is 36.0 Å². The summed E-state index contributed by atoms with van der Waals surface area (Å²) in [5.41, 5.74) is 2.69. The van der Waals surface area contributed by atoms with Crippen LogP contribution in [0.15, 0.2) is 24.3 Å². The SMILES string of the molecule is CCc1ccc(N2C[C@H](C(=O)Nc3nc4c(s3)C(=O)CC(C)(C)C4)CC2=O)cc1. The zero-order chi connectivity index (χ0) is 20.8. The molecule has 1 aromatic carbocycles.